The standard InChI is InChI=1S/C12H16N2O3S/c1-7-8(4-10(18-7)12(16)17)5-13-6-11(15)14-9-2-3-9/h4,9,13H,2-3,5-6H2,1H3,(H,14,15)(H,16,17). The second-order valence-corrected chi connectivity index (χ2v) is 5.70. The number of carboxylic acids is 1. The van der Waals surface area contributed by atoms with Crippen LogP contribution in [0.5, 0.6) is 0 Å². The number of thiophene rings is 1. The number of rotatable bonds is 6. The van der Waals surface area contributed by atoms with Crippen molar-refractivity contribution in [3.05, 3.63) is 21.4 Å². The molecule has 1 aromatic heterocycles. The summed E-state index contributed by atoms with van der Waals surface area (Å²) in [7, 11) is 0. The maximum atomic E-state index is 11.4. The lowest BCUT2D eigenvalue weighted by Gasteiger charge is -2.05. The number of amides is 1. The molecule has 0 aliphatic heterocycles. The first kappa shape index (κ1) is 13.0. The molecule has 0 atom stereocenters. The van der Waals surface area contributed by atoms with E-state index in [1.54, 1.807) is 6.07 Å². The topological polar surface area (TPSA) is 78.4 Å². The molecule has 1 heterocycles. The van der Waals surface area contributed by atoms with E-state index in [1.165, 1.54) is 11.3 Å². The zero-order valence-corrected chi connectivity index (χ0v) is 11.0. The van der Waals surface area contributed by atoms with Crippen LogP contribution in [0.1, 0.15) is 33.0 Å². The molecule has 1 aromatic rings. The lowest BCUT2D eigenvalue weighted by Crippen LogP contribution is -2.34. The number of carbonyl (C=O) groups is 2. The van der Waals surface area contributed by atoms with Gasteiger partial charge in [-0.2, -0.15) is 0 Å². The SMILES string of the molecule is Cc1sc(C(=O)O)cc1CNCC(=O)NC1CC1. The molecule has 1 fully saturated rings. The van der Waals surface area contributed by atoms with Crippen molar-refractivity contribution in [3.8, 4) is 0 Å². The van der Waals surface area contributed by atoms with Crippen LogP contribution in [0, 0.1) is 6.92 Å². The average molecular weight is 268 g/mol. The summed E-state index contributed by atoms with van der Waals surface area (Å²) in [5, 5.41) is 14.8. The summed E-state index contributed by atoms with van der Waals surface area (Å²) in [6, 6.07) is 2.04. The van der Waals surface area contributed by atoms with E-state index in [4.69, 9.17) is 5.11 Å². The molecule has 1 saturated carbocycles. The molecule has 98 valence electrons. The Balaban J connectivity index is 1.78. The molecule has 5 nitrogen and oxygen atoms in total. The Hall–Kier alpha value is -1.40. The molecule has 1 aliphatic carbocycles. The molecule has 2 rings (SSSR count). The van der Waals surface area contributed by atoms with Crippen LogP contribution in [-0.2, 0) is 11.3 Å². The van der Waals surface area contributed by atoms with Crippen LogP contribution in [0.15, 0.2) is 6.07 Å². The highest BCUT2D eigenvalue weighted by molar-refractivity contribution is 7.14. The Bertz CT molecular complexity index is 466. The average Bonchev–Trinajstić information content (AvgIpc) is 3.02. The van der Waals surface area contributed by atoms with Crippen molar-refractivity contribution in [3.63, 3.8) is 0 Å². The van der Waals surface area contributed by atoms with Crippen LogP contribution in [0.4, 0.5) is 0 Å². The minimum absolute atomic E-state index is 0.00356. The Morgan fingerprint density at radius 2 is 2.22 bits per heavy atom. The number of nitrogens with one attached hydrogen (secondary N) is 2. The third-order valence-electron chi connectivity index (χ3n) is 2.77. The molecule has 0 bridgehead atoms. The lowest BCUT2D eigenvalue weighted by atomic mass is 10.2. The number of hydrogen-bond acceptors (Lipinski definition) is 4. The quantitative estimate of drug-likeness (QED) is 0.722. The Labute approximate surface area is 109 Å². The van der Waals surface area contributed by atoms with E-state index >= 15 is 0 Å². The maximum Gasteiger partial charge on any atom is 0.345 e. The van der Waals surface area contributed by atoms with Crippen molar-refractivity contribution in [2.24, 2.45) is 0 Å². The van der Waals surface area contributed by atoms with Crippen LogP contribution >= 0.6 is 11.3 Å². The van der Waals surface area contributed by atoms with Crippen molar-refractivity contribution in [1.29, 1.82) is 0 Å². The molecule has 0 unspecified atom stereocenters. The summed E-state index contributed by atoms with van der Waals surface area (Å²) >= 11 is 1.26. The predicted molar refractivity (Wildman–Crippen MR) is 68.9 cm³/mol. The van der Waals surface area contributed by atoms with Crippen molar-refractivity contribution in [2.45, 2.75) is 32.4 Å². The minimum atomic E-state index is -0.902. The van der Waals surface area contributed by atoms with Crippen molar-refractivity contribution in [1.82, 2.24) is 10.6 Å². The fourth-order valence-corrected chi connectivity index (χ4v) is 2.50. The van der Waals surface area contributed by atoms with Gasteiger partial charge in [-0.15, -0.1) is 11.3 Å². The van der Waals surface area contributed by atoms with Gasteiger partial charge in [-0.25, -0.2) is 4.79 Å². The van der Waals surface area contributed by atoms with E-state index in [0.29, 0.717) is 17.5 Å². The van der Waals surface area contributed by atoms with E-state index in [1.807, 2.05) is 6.92 Å². The fraction of sp³-hybridized carbons (Fsp3) is 0.500. The van der Waals surface area contributed by atoms with Gasteiger partial charge in [0.15, 0.2) is 0 Å². The van der Waals surface area contributed by atoms with E-state index < -0.39 is 5.97 Å². The van der Waals surface area contributed by atoms with Crippen LogP contribution in [0.2, 0.25) is 0 Å². The summed E-state index contributed by atoms with van der Waals surface area (Å²) in [6.07, 6.45) is 2.16. The van der Waals surface area contributed by atoms with Gasteiger partial charge >= 0.3 is 5.97 Å². The van der Waals surface area contributed by atoms with Gasteiger partial charge in [0.2, 0.25) is 5.91 Å². The number of carbonyl (C=O) groups excluding carboxylic acids is 1. The van der Waals surface area contributed by atoms with Gasteiger partial charge in [0.1, 0.15) is 4.88 Å². The zero-order chi connectivity index (χ0) is 13.1. The highest BCUT2D eigenvalue weighted by Gasteiger charge is 2.22. The Morgan fingerprint density at radius 3 is 2.78 bits per heavy atom. The molecule has 0 aromatic carbocycles. The fourth-order valence-electron chi connectivity index (χ4n) is 1.62. The first-order valence-electron chi connectivity index (χ1n) is 5.89. The first-order valence-corrected chi connectivity index (χ1v) is 6.70. The third-order valence-corrected chi connectivity index (χ3v) is 3.86. The van der Waals surface area contributed by atoms with Gasteiger partial charge in [-0.05, 0) is 31.4 Å². The summed E-state index contributed by atoms with van der Waals surface area (Å²) < 4.78 is 0. The van der Waals surface area contributed by atoms with Gasteiger partial charge in [-0.1, -0.05) is 0 Å². The molecular weight excluding hydrogens is 252 g/mol. The van der Waals surface area contributed by atoms with Crippen molar-refractivity contribution in [2.75, 3.05) is 6.54 Å². The number of carboxylic acid groups (broad SMARTS) is 1. The normalized spacial score (nSPS) is 14.5. The monoisotopic (exact) mass is 268 g/mol. The third kappa shape index (κ3) is 3.54. The van der Waals surface area contributed by atoms with Gasteiger partial charge in [0, 0.05) is 17.5 Å². The van der Waals surface area contributed by atoms with E-state index in [9.17, 15) is 9.59 Å². The lowest BCUT2D eigenvalue weighted by molar-refractivity contribution is -0.120. The Morgan fingerprint density at radius 1 is 1.50 bits per heavy atom. The van der Waals surface area contributed by atoms with Crippen LogP contribution < -0.4 is 10.6 Å². The summed E-state index contributed by atoms with van der Waals surface area (Å²) in [6.45, 7) is 2.68. The molecule has 0 spiro atoms. The Kier molecular flexibility index (Phi) is 3.98. The summed E-state index contributed by atoms with van der Waals surface area (Å²) in [4.78, 5) is 23.5. The molecule has 6 heteroatoms. The van der Waals surface area contributed by atoms with Crippen LogP contribution in [-0.4, -0.2) is 29.6 Å². The first-order chi connectivity index (χ1) is 8.56. The van der Waals surface area contributed by atoms with Gasteiger partial charge in [0.05, 0.1) is 6.54 Å². The van der Waals surface area contributed by atoms with Gasteiger partial charge < -0.3 is 15.7 Å². The predicted octanol–water partition coefficient (Wildman–Crippen LogP) is 1.12. The summed E-state index contributed by atoms with van der Waals surface area (Å²) in [5.41, 5.74) is 0.941. The molecule has 3 N–H and O–H groups in total. The molecular formula is C12H16N2O3S. The molecule has 1 amide bonds. The number of hydrogen-bond donors (Lipinski definition) is 3. The molecule has 0 saturated heterocycles. The van der Waals surface area contributed by atoms with Crippen LogP contribution in [0.3, 0.4) is 0 Å². The van der Waals surface area contributed by atoms with E-state index in [-0.39, 0.29) is 12.5 Å². The summed E-state index contributed by atoms with van der Waals surface area (Å²) in [5.74, 6) is -0.898. The largest absolute Gasteiger partial charge is 0.477 e. The highest BCUT2D eigenvalue weighted by Crippen LogP contribution is 2.21. The second-order valence-electron chi connectivity index (χ2n) is 4.44. The van der Waals surface area contributed by atoms with Crippen molar-refractivity contribution < 1.29 is 14.7 Å². The van der Waals surface area contributed by atoms with E-state index in [0.717, 1.165) is 23.3 Å². The maximum absolute atomic E-state index is 11.4. The van der Waals surface area contributed by atoms with E-state index in [2.05, 4.69) is 10.6 Å². The molecule has 18 heavy (non-hydrogen) atoms. The number of aromatic carboxylic acids is 1. The highest BCUT2D eigenvalue weighted by atomic mass is 32.1. The number of aryl methyl sites for hydroxylation is 1. The van der Waals surface area contributed by atoms with Crippen LogP contribution in [0.25, 0.3) is 0 Å². The molecule has 1 aliphatic rings. The smallest absolute Gasteiger partial charge is 0.345 e. The minimum Gasteiger partial charge on any atom is -0.477 e. The van der Waals surface area contributed by atoms with Gasteiger partial charge in [-0.3, -0.25) is 4.79 Å². The zero-order valence-electron chi connectivity index (χ0n) is 10.2. The van der Waals surface area contributed by atoms with Crippen molar-refractivity contribution >= 4 is 23.2 Å². The van der Waals surface area contributed by atoms with Gasteiger partial charge in [0.25, 0.3) is 0 Å². The molecule has 0 radical (unpaired) electrons. The second kappa shape index (κ2) is 5.49.